The van der Waals surface area contributed by atoms with Gasteiger partial charge in [-0.2, -0.15) is 0 Å². The van der Waals surface area contributed by atoms with E-state index in [0.29, 0.717) is 36.8 Å². The molecule has 11 heteroatoms. The van der Waals surface area contributed by atoms with Gasteiger partial charge in [-0.25, -0.2) is 27.6 Å². The first-order valence-corrected chi connectivity index (χ1v) is 11.4. The van der Waals surface area contributed by atoms with Crippen molar-refractivity contribution in [3.05, 3.63) is 35.8 Å². The Morgan fingerprint density at radius 1 is 1.33 bits per heavy atom. The van der Waals surface area contributed by atoms with Crippen molar-refractivity contribution in [2.75, 3.05) is 43.3 Å². The van der Waals surface area contributed by atoms with Crippen molar-refractivity contribution >= 4 is 27.4 Å². The Labute approximate surface area is 174 Å². The number of hydrogen-bond acceptors (Lipinski definition) is 7. The Balaban J connectivity index is 2.02. The number of carbonyl (C=O) groups is 1. The molecule has 2 heterocycles. The highest BCUT2D eigenvalue weighted by molar-refractivity contribution is 7.89. The number of nitrogens with one attached hydrogen (secondary N) is 2. The number of urea groups is 1. The molecule has 162 valence electrons. The van der Waals surface area contributed by atoms with Gasteiger partial charge in [0.05, 0.1) is 36.4 Å². The van der Waals surface area contributed by atoms with E-state index in [1.807, 2.05) is 11.8 Å². The van der Waals surface area contributed by atoms with Crippen LogP contribution in [0.15, 0.2) is 24.3 Å². The van der Waals surface area contributed by atoms with Crippen molar-refractivity contribution in [3.8, 4) is 11.4 Å². The van der Waals surface area contributed by atoms with Crippen LogP contribution in [-0.2, 0) is 20.3 Å². The van der Waals surface area contributed by atoms with Crippen LogP contribution in [0.4, 0.5) is 20.7 Å². The normalized spacial score (nSPS) is 16.9. The number of halogens is 1. The maximum absolute atomic E-state index is 14.5. The molecule has 1 aliphatic heterocycles. The van der Waals surface area contributed by atoms with Gasteiger partial charge in [-0.3, -0.25) is 0 Å². The third-order valence-corrected chi connectivity index (χ3v) is 5.36. The van der Waals surface area contributed by atoms with Crippen LogP contribution in [-0.4, -0.2) is 63.5 Å². The summed E-state index contributed by atoms with van der Waals surface area (Å²) in [5, 5.41) is 4.73. The van der Waals surface area contributed by atoms with E-state index in [9.17, 15) is 17.6 Å². The van der Waals surface area contributed by atoms with Crippen LogP contribution < -0.4 is 15.5 Å². The van der Waals surface area contributed by atoms with E-state index in [0.717, 1.165) is 6.26 Å². The van der Waals surface area contributed by atoms with Crippen LogP contribution in [0, 0.1) is 5.82 Å². The van der Waals surface area contributed by atoms with E-state index < -0.39 is 21.7 Å². The highest BCUT2D eigenvalue weighted by Gasteiger charge is 2.23. The molecule has 30 heavy (non-hydrogen) atoms. The summed E-state index contributed by atoms with van der Waals surface area (Å²) in [5.41, 5.74) is 0.698. The summed E-state index contributed by atoms with van der Waals surface area (Å²) < 4.78 is 43.6. The van der Waals surface area contributed by atoms with E-state index in [-0.39, 0.29) is 23.3 Å². The third kappa shape index (κ3) is 5.42. The zero-order chi connectivity index (χ0) is 21.9. The standard InChI is InChI=1S/C19H24FN5O4S/c1-12-10-29-7-6-25(12)17-9-14(11-30(3,27)28)22-18(24-17)13-4-5-16(15(20)8-13)23-19(26)21-2/h4-5,8-9,12H,6-7,10-11H2,1-3H3,(H2,21,23,26)/t12-/m0/s1. The topological polar surface area (TPSA) is 114 Å². The summed E-state index contributed by atoms with van der Waals surface area (Å²) in [6, 6.07) is 5.33. The molecule has 9 nitrogen and oxygen atoms in total. The molecular weight excluding hydrogens is 413 g/mol. The van der Waals surface area contributed by atoms with Crippen molar-refractivity contribution in [2.45, 2.75) is 18.7 Å². The molecule has 3 rings (SSSR count). The fourth-order valence-electron chi connectivity index (χ4n) is 3.11. The SMILES string of the molecule is CNC(=O)Nc1ccc(-c2nc(CS(C)(=O)=O)cc(N3CCOC[C@@H]3C)n2)cc1F. The molecule has 2 aromatic rings. The molecule has 1 saturated heterocycles. The number of benzene rings is 1. The summed E-state index contributed by atoms with van der Waals surface area (Å²) >= 11 is 0. The molecule has 1 aromatic heterocycles. The molecule has 0 radical (unpaired) electrons. The maximum atomic E-state index is 14.5. The van der Waals surface area contributed by atoms with Crippen LogP contribution >= 0.6 is 0 Å². The molecule has 0 spiro atoms. The number of nitrogens with zero attached hydrogens (tertiary/aromatic N) is 3. The first-order chi connectivity index (χ1) is 14.2. The average Bonchev–Trinajstić information content (AvgIpc) is 2.68. The lowest BCUT2D eigenvalue weighted by Gasteiger charge is -2.34. The van der Waals surface area contributed by atoms with E-state index in [1.165, 1.54) is 19.2 Å². The number of ether oxygens (including phenoxy) is 1. The second kappa shape index (κ2) is 8.92. The largest absolute Gasteiger partial charge is 0.377 e. The number of hydrogen-bond donors (Lipinski definition) is 2. The van der Waals surface area contributed by atoms with Gasteiger partial charge in [0.1, 0.15) is 11.6 Å². The van der Waals surface area contributed by atoms with Crippen molar-refractivity contribution in [1.82, 2.24) is 15.3 Å². The fourth-order valence-corrected chi connectivity index (χ4v) is 3.79. The molecular formula is C19H24FN5O4S. The van der Waals surface area contributed by atoms with Gasteiger partial charge in [0, 0.05) is 31.5 Å². The minimum Gasteiger partial charge on any atom is -0.377 e. The molecule has 1 aromatic carbocycles. The monoisotopic (exact) mass is 437 g/mol. The minimum absolute atomic E-state index is 0.00687. The van der Waals surface area contributed by atoms with Gasteiger partial charge in [0.2, 0.25) is 0 Å². The van der Waals surface area contributed by atoms with Gasteiger partial charge in [-0.15, -0.1) is 0 Å². The Hall–Kier alpha value is -2.79. The predicted octanol–water partition coefficient (Wildman–Crippen LogP) is 1.80. The number of amides is 2. The lowest BCUT2D eigenvalue weighted by atomic mass is 10.1. The fraction of sp³-hybridized carbons (Fsp3) is 0.421. The van der Waals surface area contributed by atoms with Gasteiger partial charge in [-0.05, 0) is 25.1 Å². The number of anilines is 2. The Morgan fingerprint density at radius 2 is 2.10 bits per heavy atom. The number of carbonyl (C=O) groups excluding carboxylic acids is 1. The van der Waals surface area contributed by atoms with Crippen LogP contribution in [0.25, 0.3) is 11.4 Å². The second-order valence-electron chi connectivity index (χ2n) is 7.13. The number of sulfone groups is 1. The van der Waals surface area contributed by atoms with E-state index in [2.05, 4.69) is 20.6 Å². The summed E-state index contributed by atoms with van der Waals surface area (Å²) in [4.78, 5) is 22.3. The smallest absolute Gasteiger partial charge is 0.319 e. The summed E-state index contributed by atoms with van der Waals surface area (Å²) in [6.07, 6.45) is 1.13. The van der Waals surface area contributed by atoms with Crippen molar-refractivity contribution < 1.29 is 22.3 Å². The molecule has 1 fully saturated rings. The summed E-state index contributed by atoms with van der Waals surface area (Å²) in [5.74, 6) is -0.153. The first kappa shape index (κ1) is 21.9. The molecule has 1 aliphatic rings. The Bertz CT molecular complexity index is 1050. The molecule has 0 bridgehead atoms. The van der Waals surface area contributed by atoms with Crippen LogP contribution in [0.2, 0.25) is 0 Å². The Kier molecular flexibility index (Phi) is 6.52. The highest BCUT2D eigenvalue weighted by atomic mass is 32.2. The van der Waals surface area contributed by atoms with E-state index in [4.69, 9.17) is 4.74 Å². The molecule has 0 aliphatic carbocycles. The zero-order valence-corrected chi connectivity index (χ0v) is 17.8. The molecule has 0 unspecified atom stereocenters. The quantitative estimate of drug-likeness (QED) is 0.733. The number of morpholine rings is 1. The number of aromatic nitrogens is 2. The summed E-state index contributed by atoms with van der Waals surface area (Å²) in [6.45, 7) is 3.63. The van der Waals surface area contributed by atoms with Gasteiger partial charge >= 0.3 is 6.03 Å². The van der Waals surface area contributed by atoms with Gasteiger partial charge in [0.15, 0.2) is 15.7 Å². The average molecular weight is 437 g/mol. The van der Waals surface area contributed by atoms with Gasteiger partial charge in [0.25, 0.3) is 0 Å². The van der Waals surface area contributed by atoms with Crippen LogP contribution in [0.1, 0.15) is 12.6 Å². The lowest BCUT2D eigenvalue weighted by molar-refractivity contribution is 0.0985. The molecule has 2 N–H and O–H groups in total. The van der Waals surface area contributed by atoms with Crippen LogP contribution in [0.5, 0.6) is 0 Å². The Morgan fingerprint density at radius 3 is 2.73 bits per heavy atom. The van der Waals surface area contributed by atoms with Crippen LogP contribution in [0.3, 0.4) is 0 Å². The first-order valence-electron chi connectivity index (χ1n) is 9.35. The molecule has 1 atom stereocenters. The van der Waals surface area contributed by atoms with E-state index >= 15 is 0 Å². The third-order valence-electron chi connectivity index (χ3n) is 4.54. The van der Waals surface area contributed by atoms with Crippen molar-refractivity contribution in [2.24, 2.45) is 0 Å². The predicted molar refractivity (Wildman–Crippen MR) is 112 cm³/mol. The highest BCUT2D eigenvalue weighted by Crippen LogP contribution is 2.26. The summed E-state index contributed by atoms with van der Waals surface area (Å²) in [7, 11) is -1.90. The van der Waals surface area contributed by atoms with Crippen molar-refractivity contribution in [1.29, 1.82) is 0 Å². The number of rotatable bonds is 5. The lowest BCUT2D eigenvalue weighted by Crippen LogP contribution is -2.44. The molecule has 0 saturated carbocycles. The van der Waals surface area contributed by atoms with E-state index in [1.54, 1.807) is 12.1 Å². The second-order valence-corrected chi connectivity index (χ2v) is 9.27. The van der Waals surface area contributed by atoms with Gasteiger partial charge < -0.3 is 20.3 Å². The van der Waals surface area contributed by atoms with Gasteiger partial charge in [-0.1, -0.05) is 0 Å². The molecule has 2 amide bonds. The maximum Gasteiger partial charge on any atom is 0.319 e. The zero-order valence-electron chi connectivity index (χ0n) is 17.0. The van der Waals surface area contributed by atoms with Crippen molar-refractivity contribution in [3.63, 3.8) is 0 Å². The minimum atomic E-state index is -3.33.